The van der Waals surface area contributed by atoms with Crippen molar-refractivity contribution >= 4 is 17.4 Å². The SMILES string of the molecule is COc1ccc(-n2c(C)c(C)c(C#N)c2NC(=O)COc2cc(C)ccc2[N+](=O)[O-])cc1. The van der Waals surface area contributed by atoms with E-state index in [-0.39, 0.29) is 11.4 Å². The number of aryl methyl sites for hydroxylation is 1. The minimum Gasteiger partial charge on any atom is -0.497 e. The molecule has 1 N–H and O–H groups in total. The fourth-order valence-electron chi connectivity index (χ4n) is 3.31. The van der Waals surface area contributed by atoms with Gasteiger partial charge in [0.2, 0.25) is 0 Å². The number of carbonyl (C=O) groups is 1. The van der Waals surface area contributed by atoms with E-state index in [1.165, 1.54) is 12.1 Å². The van der Waals surface area contributed by atoms with E-state index in [4.69, 9.17) is 9.47 Å². The van der Waals surface area contributed by atoms with Gasteiger partial charge in [-0.05, 0) is 62.2 Å². The van der Waals surface area contributed by atoms with Crippen molar-refractivity contribution in [1.29, 1.82) is 5.26 Å². The molecule has 2 aromatic carbocycles. The minimum absolute atomic E-state index is 0.00329. The van der Waals surface area contributed by atoms with E-state index < -0.39 is 17.4 Å². The first-order valence-corrected chi connectivity index (χ1v) is 9.71. The van der Waals surface area contributed by atoms with Crippen LogP contribution in [0, 0.1) is 42.2 Å². The standard InChI is InChI=1S/C23H22N4O5/c1-14-5-10-20(27(29)30)21(11-14)32-13-22(28)25-23-19(12-24)15(2)16(3)26(23)17-6-8-18(31-4)9-7-17/h5-11H,13H2,1-4H3,(H,25,28). The van der Waals surface area contributed by atoms with E-state index in [0.717, 1.165) is 22.5 Å². The van der Waals surface area contributed by atoms with E-state index in [2.05, 4.69) is 11.4 Å². The number of nitrogens with one attached hydrogen (secondary N) is 1. The maximum Gasteiger partial charge on any atom is 0.310 e. The van der Waals surface area contributed by atoms with Crippen molar-refractivity contribution in [3.63, 3.8) is 0 Å². The van der Waals surface area contributed by atoms with Gasteiger partial charge in [-0.15, -0.1) is 0 Å². The van der Waals surface area contributed by atoms with Crippen LogP contribution in [0.1, 0.15) is 22.4 Å². The summed E-state index contributed by atoms with van der Waals surface area (Å²) in [5.41, 5.74) is 3.12. The molecule has 0 spiro atoms. The molecule has 9 nitrogen and oxygen atoms in total. The summed E-state index contributed by atoms with van der Waals surface area (Å²) in [7, 11) is 1.57. The predicted molar refractivity (Wildman–Crippen MR) is 118 cm³/mol. The minimum atomic E-state index is -0.567. The maximum atomic E-state index is 12.7. The molecule has 32 heavy (non-hydrogen) atoms. The third-order valence-electron chi connectivity index (χ3n) is 5.08. The number of nitro benzene ring substituents is 1. The Balaban J connectivity index is 1.89. The van der Waals surface area contributed by atoms with Crippen molar-refractivity contribution < 1.29 is 19.2 Å². The van der Waals surface area contributed by atoms with Crippen LogP contribution in [0.2, 0.25) is 0 Å². The van der Waals surface area contributed by atoms with Crippen LogP contribution in [0.3, 0.4) is 0 Å². The number of benzene rings is 2. The zero-order valence-corrected chi connectivity index (χ0v) is 18.1. The summed E-state index contributed by atoms with van der Waals surface area (Å²) in [5.74, 6) is 0.433. The molecule has 0 bridgehead atoms. The second kappa shape index (κ2) is 9.22. The summed E-state index contributed by atoms with van der Waals surface area (Å²) >= 11 is 0. The molecule has 0 saturated carbocycles. The van der Waals surface area contributed by atoms with E-state index in [1.807, 2.05) is 19.1 Å². The van der Waals surface area contributed by atoms with E-state index >= 15 is 0 Å². The molecule has 1 amide bonds. The summed E-state index contributed by atoms with van der Waals surface area (Å²) < 4.78 is 12.4. The van der Waals surface area contributed by atoms with Gasteiger partial charge in [0.25, 0.3) is 5.91 Å². The Morgan fingerprint density at radius 3 is 2.47 bits per heavy atom. The van der Waals surface area contributed by atoms with Crippen LogP contribution in [-0.2, 0) is 4.79 Å². The molecule has 0 radical (unpaired) electrons. The van der Waals surface area contributed by atoms with Gasteiger partial charge in [0.15, 0.2) is 12.4 Å². The second-order valence-electron chi connectivity index (χ2n) is 7.14. The van der Waals surface area contributed by atoms with E-state index in [9.17, 15) is 20.2 Å². The molecule has 164 valence electrons. The van der Waals surface area contributed by atoms with E-state index in [1.54, 1.807) is 43.7 Å². The number of methoxy groups -OCH3 is 1. The number of hydrogen-bond donors (Lipinski definition) is 1. The zero-order chi connectivity index (χ0) is 23.4. The van der Waals surface area contributed by atoms with Crippen LogP contribution >= 0.6 is 0 Å². The molecule has 0 aliphatic rings. The molecule has 1 heterocycles. The normalized spacial score (nSPS) is 10.3. The number of ether oxygens (including phenoxy) is 2. The fourth-order valence-corrected chi connectivity index (χ4v) is 3.31. The molecule has 0 unspecified atom stereocenters. The first kappa shape index (κ1) is 22.4. The lowest BCUT2D eigenvalue weighted by atomic mass is 10.2. The largest absolute Gasteiger partial charge is 0.497 e. The van der Waals surface area contributed by atoms with Gasteiger partial charge in [-0.3, -0.25) is 19.5 Å². The zero-order valence-electron chi connectivity index (χ0n) is 18.1. The van der Waals surface area contributed by atoms with Gasteiger partial charge in [-0.2, -0.15) is 5.26 Å². The monoisotopic (exact) mass is 434 g/mol. The fraction of sp³-hybridized carbons (Fsp3) is 0.217. The van der Waals surface area contributed by atoms with Crippen LogP contribution in [0.5, 0.6) is 11.5 Å². The third-order valence-corrected chi connectivity index (χ3v) is 5.08. The Bertz CT molecular complexity index is 1220. The highest BCUT2D eigenvalue weighted by atomic mass is 16.6. The van der Waals surface area contributed by atoms with Crippen LogP contribution in [-0.4, -0.2) is 29.1 Å². The Morgan fingerprint density at radius 1 is 1.19 bits per heavy atom. The van der Waals surface area contributed by atoms with Gasteiger partial charge in [0.1, 0.15) is 17.6 Å². The van der Waals surface area contributed by atoms with Crippen LogP contribution in [0.15, 0.2) is 42.5 Å². The molecular formula is C23H22N4O5. The Labute approximate surface area is 185 Å². The van der Waals surface area contributed by atoms with Gasteiger partial charge in [-0.25, -0.2) is 0 Å². The number of carbonyl (C=O) groups excluding carboxylic acids is 1. The first-order chi connectivity index (χ1) is 15.3. The molecule has 0 aliphatic carbocycles. The second-order valence-corrected chi connectivity index (χ2v) is 7.14. The molecule has 0 saturated heterocycles. The van der Waals surface area contributed by atoms with Crippen molar-refractivity contribution in [2.45, 2.75) is 20.8 Å². The maximum absolute atomic E-state index is 12.7. The molecule has 1 aromatic heterocycles. The van der Waals surface area contributed by atoms with Crippen LogP contribution in [0.4, 0.5) is 11.5 Å². The summed E-state index contributed by atoms with van der Waals surface area (Å²) in [6, 6.07) is 13.8. The summed E-state index contributed by atoms with van der Waals surface area (Å²) in [5, 5.41) is 23.6. The van der Waals surface area contributed by atoms with Gasteiger partial charge < -0.3 is 14.8 Å². The van der Waals surface area contributed by atoms with Gasteiger partial charge >= 0.3 is 5.69 Å². The Morgan fingerprint density at radius 2 is 1.88 bits per heavy atom. The van der Waals surface area contributed by atoms with Crippen molar-refractivity contribution in [2.75, 3.05) is 19.0 Å². The van der Waals surface area contributed by atoms with E-state index in [0.29, 0.717) is 17.1 Å². The Kier molecular flexibility index (Phi) is 6.45. The van der Waals surface area contributed by atoms with Gasteiger partial charge in [-0.1, -0.05) is 6.07 Å². The van der Waals surface area contributed by atoms with Crippen molar-refractivity contribution in [3.8, 4) is 23.3 Å². The molecule has 0 fully saturated rings. The number of nitrogens with zero attached hydrogens (tertiary/aromatic N) is 3. The van der Waals surface area contributed by atoms with Crippen molar-refractivity contribution in [1.82, 2.24) is 4.57 Å². The number of hydrogen-bond acceptors (Lipinski definition) is 6. The predicted octanol–water partition coefficient (Wildman–Crippen LogP) is 4.21. The van der Waals surface area contributed by atoms with Crippen LogP contribution in [0.25, 0.3) is 5.69 Å². The van der Waals surface area contributed by atoms with Crippen molar-refractivity contribution in [3.05, 3.63) is 75.0 Å². The van der Waals surface area contributed by atoms with Crippen molar-refractivity contribution in [2.24, 2.45) is 0 Å². The number of anilines is 1. The summed E-state index contributed by atoms with van der Waals surface area (Å²) in [4.78, 5) is 23.3. The first-order valence-electron chi connectivity index (χ1n) is 9.71. The highest BCUT2D eigenvalue weighted by molar-refractivity contribution is 5.93. The molecular weight excluding hydrogens is 412 g/mol. The number of amides is 1. The molecule has 3 rings (SSSR count). The van der Waals surface area contributed by atoms with Gasteiger partial charge in [0.05, 0.1) is 17.6 Å². The number of aromatic nitrogens is 1. The molecule has 0 aliphatic heterocycles. The average molecular weight is 434 g/mol. The third kappa shape index (κ3) is 4.39. The van der Waals surface area contributed by atoms with Crippen LogP contribution < -0.4 is 14.8 Å². The average Bonchev–Trinajstić information content (AvgIpc) is 3.01. The Hall–Kier alpha value is -4.32. The quantitative estimate of drug-likeness (QED) is 0.439. The molecule has 3 aromatic rings. The number of rotatable bonds is 7. The number of nitro groups is 1. The lowest BCUT2D eigenvalue weighted by Crippen LogP contribution is -2.22. The molecule has 0 atom stereocenters. The lowest BCUT2D eigenvalue weighted by molar-refractivity contribution is -0.385. The summed E-state index contributed by atoms with van der Waals surface area (Å²) in [6.45, 7) is 4.96. The topological polar surface area (TPSA) is 119 Å². The smallest absolute Gasteiger partial charge is 0.310 e. The number of nitriles is 1. The molecule has 9 heteroatoms. The summed E-state index contributed by atoms with van der Waals surface area (Å²) in [6.07, 6.45) is 0. The highest BCUT2D eigenvalue weighted by Crippen LogP contribution is 2.31. The lowest BCUT2D eigenvalue weighted by Gasteiger charge is -2.14. The highest BCUT2D eigenvalue weighted by Gasteiger charge is 2.22. The van der Waals surface area contributed by atoms with Gasteiger partial charge in [0, 0.05) is 17.4 Å².